The van der Waals surface area contributed by atoms with Crippen LogP contribution in [0.3, 0.4) is 0 Å². The van der Waals surface area contributed by atoms with E-state index in [1.165, 1.54) is 6.20 Å². The summed E-state index contributed by atoms with van der Waals surface area (Å²) in [6.07, 6.45) is 4.67. The number of esters is 1. The monoisotopic (exact) mass is 247 g/mol. The molecule has 0 radical (unpaired) electrons. The van der Waals surface area contributed by atoms with Gasteiger partial charge in [0.1, 0.15) is 0 Å². The minimum Gasteiger partial charge on any atom is -0.481 e. The van der Waals surface area contributed by atoms with Crippen LogP contribution in [0.1, 0.15) is 17.3 Å². The van der Waals surface area contributed by atoms with E-state index < -0.39 is 0 Å². The fourth-order valence-electron chi connectivity index (χ4n) is 1.41. The highest BCUT2D eigenvalue weighted by atomic mass is 16.5. The molecule has 0 atom stereocenters. The molecule has 0 aliphatic carbocycles. The molecule has 2 heterocycles. The Morgan fingerprint density at radius 2 is 2.22 bits per heavy atom. The fraction of sp³-hybridized carbons (Fsp3) is 0.250. The Bertz CT molecular complexity index is 534. The van der Waals surface area contributed by atoms with Crippen molar-refractivity contribution in [3.8, 4) is 11.6 Å². The van der Waals surface area contributed by atoms with Crippen LogP contribution in [-0.4, -0.2) is 34.5 Å². The van der Waals surface area contributed by atoms with Gasteiger partial charge in [-0.25, -0.2) is 14.5 Å². The Balaban J connectivity index is 2.20. The van der Waals surface area contributed by atoms with Crippen LogP contribution >= 0.6 is 0 Å². The van der Waals surface area contributed by atoms with Gasteiger partial charge in [-0.15, -0.1) is 0 Å². The SMILES string of the molecule is CCOC(=O)c1cnn(-c2ccc(OC)nc2)c1. The number of aromatic nitrogens is 3. The van der Waals surface area contributed by atoms with Crippen molar-refractivity contribution < 1.29 is 14.3 Å². The zero-order valence-corrected chi connectivity index (χ0v) is 10.2. The van der Waals surface area contributed by atoms with Crippen molar-refractivity contribution in [2.24, 2.45) is 0 Å². The second-order valence-electron chi connectivity index (χ2n) is 3.45. The van der Waals surface area contributed by atoms with Gasteiger partial charge in [0.2, 0.25) is 5.88 Å². The van der Waals surface area contributed by atoms with Gasteiger partial charge < -0.3 is 9.47 Å². The molecule has 0 bridgehead atoms. The number of carbonyl (C=O) groups is 1. The molecule has 0 aromatic carbocycles. The summed E-state index contributed by atoms with van der Waals surface area (Å²) in [7, 11) is 1.55. The van der Waals surface area contributed by atoms with Gasteiger partial charge in [0.25, 0.3) is 0 Å². The predicted octanol–water partition coefficient (Wildman–Crippen LogP) is 1.45. The molecule has 0 N–H and O–H groups in total. The Morgan fingerprint density at radius 3 is 2.83 bits per heavy atom. The van der Waals surface area contributed by atoms with Crippen molar-refractivity contribution in [2.45, 2.75) is 6.92 Å². The molecule has 0 aliphatic rings. The smallest absolute Gasteiger partial charge is 0.341 e. The summed E-state index contributed by atoms with van der Waals surface area (Å²) in [5.74, 6) is 0.141. The van der Waals surface area contributed by atoms with Crippen molar-refractivity contribution in [3.05, 3.63) is 36.3 Å². The summed E-state index contributed by atoms with van der Waals surface area (Å²) >= 11 is 0. The van der Waals surface area contributed by atoms with E-state index in [2.05, 4.69) is 10.1 Å². The van der Waals surface area contributed by atoms with Crippen molar-refractivity contribution in [2.75, 3.05) is 13.7 Å². The van der Waals surface area contributed by atoms with Crippen LogP contribution in [-0.2, 0) is 4.74 Å². The number of carbonyl (C=O) groups excluding carboxylic acids is 1. The number of nitrogens with zero attached hydrogens (tertiary/aromatic N) is 3. The highest BCUT2D eigenvalue weighted by Crippen LogP contribution is 2.11. The largest absolute Gasteiger partial charge is 0.481 e. The van der Waals surface area contributed by atoms with Gasteiger partial charge in [-0.2, -0.15) is 5.10 Å². The normalized spacial score (nSPS) is 10.1. The molecule has 0 fully saturated rings. The second-order valence-corrected chi connectivity index (χ2v) is 3.45. The van der Waals surface area contributed by atoms with Crippen molar-refractivity contribution in [1.29, 1.82) is 0 Å². The number of hydrogen-bond acceptors (Lipinski definition) is 5. The van der Waals surface area contributed by atoms with E-state index in [1.54, 1.807) is 43.2 Å². The molecule has 6 heteroatoms. The van der Waals surface area contributed by atoms with Gasteiger partial charge in [0.05, 0.1) is 37.4 Å². The van der Waals surface area contributed by atoms with E-state index in [9.17, 15) is 4.79 Å². The quantitative estimate of drug-likeness (QED) is 0.765. The van der Waals surface area contributed by atoms with Crippen LogP contribution in [0, 0.1) is 0 Å². The fourth-order valence-corrected chi connectivity index (χ4v) is 1.41. The summed E-state index contributed by atoms with van der Waals surface area (Å²) in [6, 6.07) is 3.52. The summed E-state index contributed by atoms with van der Waals surface area (Å²) in [5, 5.41) is 4.08. The molecule has 0 amide bonds. The van der Waals surface area contributed by atoms with Gasteiger partial charge >= 0.3 is 5.97 Å². The first-order chi connectivity index (χ1) is 8.74. The summed E-state index contributed by atoms with van der Waals surface area (Å²) in [5.41, 5.74) is 1.15. The van der Waals surface area contributed by atoms with Gasteiger partial charge in [-0.3, -0.25) is 0 Å². The van der Waals surface area contributed by atoms with E-state index in [-0.39, 0.29) is 5.97 Å². The average molecular weight is 247 g/mol. The first-order valence-corrected chi connectivity index (χ1v) is 5.46. The van der Waals surface area contributed by atoms with Crippen LogP contribution < -0.4 is 4.74 Å². The first kappa shape index (κ1) is 12.1. The lowest BCUT2D eigenvalue weighted by atomic mass is 10.3. The molecule has 2 aromatic heterocycles. The third-order valence-corrected chi connectivity index (χ3v) is 2.29. The standard InChI is InChI=1S/C12H13N3O3/c1-3-18-12(16)9-6-14-15(8-9)10-4-5-11(17-2)13-7-10/h4-8H,3H2,1-2H3. The maximum absolute atomic E-state index is 11.5. The molecule has 94 valence electrons. The summed E-state index contributed by atoms with van der Waals surface area (Å²) in [4.78, 5) is 15.5. The number of pyridine rings is 1. The molecule has 0 saturated carbocycles. The first-order valence-electron chi connectivity index (χ1n) is 5.46. The molecule has 6 nitrogen and oxygen atoms in total. The Hall–Kier alpha value is -2.37. The lowest BCUT2D eigenvalue weighted by Gasteiger charge is -2.02. The zero-order chi connectivity index (χ0) is 13.0. The Labute approximate surface area is 104 Å². The van der Waals surface area contributed by atoms with Crippen LogP contribution in [0.4, 0.5) is 0 Å². The van der Waals surface area contributed by atoms with Crippen LogP contribution in [0.15, 0.2) is 30.7 Å². The number of rotatable bonds is 4. The van der Waals surface area contributed by atoms with E-state index in [0.29, 0.717) is 18.1 Å². The van der Waals surface area contributed by atoms with Gasteiger partial charge in [0.15, 0.2) is 0 Å². The number of hydrogen-bond donors (Lipinski definition) is 0. The van der Waals surface area contributed by atoms with E-state index in [0.717, 1.165) is 5.69 Å². The molecule has 2 aromatic rings. The van der Waals surface area contributed by atoms with Crippen molar-refractivity contribution >= 4 is 5.97 Å². The third-order valence-electron chi connectivity index (χ3n) is 2.29. The second kappa shape index (κ2) is 5.31. The van der Waals surface area contributed by atoms with Gasteiger partial charge in [-0.1, -0.05) is 0 Å². The van der Waals surface area contributed by atoms with Crippen molar-refractivity contribution in [1.82, 2.24) is 14.8 Å². The maximum Gasteiger partial charge on any atom is 0.341 e. The number of methoxy groups -OCH3 is 1. The molecule has 0 saturated heterocycles. The van der Waals surface area contributed by atoms with E-state index in [4.69, 9.17) is 9.47 Å². The Morgan fingerprint density at radius 1 is 1.39 bits per heavy atom. The molecular formula is C12H13N3O3. The molecule has 2 rings (SSSR count). The summed E-state index contributed by atoms with van der Waals surface area (Å²) < 4.78 is 11.4. The van der Waals surface area contributed by atoms with E-state index in [1.807, 2.05) is 0 Å². The van der Waals surface area contributed by atoms with Gasteiger partial charge in [-0.05, 0) is 13.0 Å². The molecular weight excluding hydrogens is 234 g/mol. The highest BCUT2D eigenvalue weighted by molar-refractivity contribution is 5.88. The Kier molecular flexibility index (Phi) is 3.57. The third kappa shape index (κ3) is 2.48. The number of ether oxygens (including phenoxy) is 2. The molecule has 0 unspecified atom stereocenters. The molecule has 0 spiro atoms. The zero-order valence-electron chi connectivity index (χ0n) is 10.2. The highest BCUT2D eigenvalue weighted by Gasteiger charge is 2.10. The van der Waals surface area contributed by atoms with Crippen LogP contribution in [0.2, 0.25) is 0 Å². The van der Waals surface area contributed by atoms with Crippen LogP contribution in [0.25, 0.3) is 5.69 Å². The maximum atomic E-state index is 11.5. The summed E-state index contributed by atoms with van der Waals surface area (Å²) in [6.45, 7) is 2.10. The van der Waals surface area contributed by atoms with Gasteiger partial charge in [0, 0.05) is 12.3 Å². The predicted molar refractivity (Wildman–Crippen MR) is 63.9 cm³/mol. The van der Waals surface area contributed by atoms with E-state index >= 15 is 0 Å². The van der Waals surface area contributed by atoms with Crippen LogP contribution in [0.5, 0.6) is 5.88 Å². The van der Waals surface area contributed by atoms with Crippen molar-refractivity contribution in [3.63, 3.8) is 0 Å². The molecule has 0 aliphatic heterocycles. The average Bonchev–Trinajstić information content (AvgIpc) is 2.89. The minimum absolute atomic E-state index is 0.341. The lowest BCUT2D eigenvalue weighted by Crippen LogP contribution is -2.03. The molecule has 18 heavy (non-hydrogen) atoms. The lowest BCUT2D eigenvalue weighted by molar-refractivity contribution is 0.0526. The topological polar surface area (TPSA) is 66.2 Å². The minimum atomic E-state index is -0.384.